The monoisotopic (exact) mass is 424 g/mol. The Morgan fingerprint density at radius 1 is 1.17 bits per heavy atom. The molecule has 158 valence electrons. The van der Waals surface area contributed by atoms with Crippen LogP contribution in [0.15, 0.2) is 68.7 Å². The van der Waals surface area contributed by atoms with Gasteiger partial charge in [-0.05, 0) is 66.6 Å². The minimum absolute atomic E-state index is 0.00879. The topological polar surface area (TPSA) is 30.2 Å². The Kier molecular flexibility index (Phi) is 5.56. The smallest absolute Gasteiger partial charge is 0.172 e. The highest BCUT2D eigenvalue weighted by atomic mass is 32.2. The van der Waals surface area contributed by atoms with Crippen molar-refractivity contribution >= 4 is 23.6 Å². The minimum Gasteiger partial charge on any atom is -0.457 e. The molecule has 0 unspecified atom stereocenters. The van der Waals surface area contributed by atoms with Gasteiger partial charge in [-0.1, -0.05) is 57.0 Å². The first-order valence-corrected chi connectivity index (χ1v) is 11.4. The van der Waals surface area contributed by atoms with E-state index in [1.165, 1.54) is 17.8 Å². The average Bonchev–Trinajstić information content (AvgIpc) is 3.09. The van der Waals surface area contributed by atoms with Crippen LogP contribution in [0.2, 0.25) is 0 Å². The minimum atomic E-state index is -0.252. The van der Waals surface area contributed by atoms with E-state index in [4.69, 9.17) is 4.42 Å². The van der Waals surface area contributed by atoms with Crippen LogP contribution < -0.4 is 0 Å². The van der Waals surface area contributed by atoms with Crippen LogP contribution in [0.5, 0.6) is 0 Å². The molecule has 4 heteroatoms. The van der Waals surface area contributed by atoms with E-state index in [-0.39, 0.29) is 34.3 Å². The maximum absolute atomic E-state index is 14.1. The lowest BCUT2D eigenvalue weighted by atomic mass is 9.48. The first kappa shape index (κ1) is 21.2. The Balaban J connectivity index is 1.64. The van der Waals surface area contributed by atoms with Gasteiger partial charge >= 0.3 is 0 Å². The van der Waals surface area contributed by atoms with E-state index in [0.717, 1.165) is 30.4 Å². The third-order valence-electron chi connectivity index (χ3n) is 7.00. The molecule has 30 heavy (non-hydrogen) atoms. The van der Waals surface area contributed by atoms with Crippen molar-refractivity contribution in [2.45, 2.75) is 56.9 Å². The van der Waals surface area contributed by atoms with Crippen LogP contribution in [0.1, 0.15) is 52.5 Å². The summed E-state index contributed by atoms with van der Waals surface area (Å²) < 4.78 is 19.7. The number of carbonyl (C=O) groups is 1. The number of hydrogen-bond acceptors (Lipinski definition) is 3. The number of fused-ring (bicyclic) bond motifs is 1. The molecule has 2 nitrogen and oxygen atoms in total. The van der Waals surface area contributed by atoms with Gasteiger partial charge in [-0.3, -0.25) is 4.79 Å². The third-order valence-corrected chi connectivity index (χ3v) is 8.07. The fraction of sp³-hybridized carbons (Fsp3) is 0.423. The van der Waals surface area contributed by atoms with E-state index in [1.807, 2.05) is 18.2 Å². The normalized spacial score (nSPS) is 28.4. The number of allylic oxidation sites excluding steroid dienone is 3. The Morgan fingerprint density at radius 2 is 1.93 bits per heavy atom. The van der Waals surface area contributed by atoms with Gasteiger partial charge in [0.25, 0.3) is 0 Å². The summed E-state index contributed by atoms with van der Waals surface area (Å²) in [6.45, 7) is 8.83. The van der Waals surface area contributed by atoms with E-state index in [0.29, 0.717) is 9.99 Å². The molecule has 0 amide bonds. The van der Waals surface area contributed by atoms with Gasteiger partial charge in [0.15, 0.2) is 10.9 Å². The zero-order chi connectivity index (χ0) is 21.5. The summed E-state index contributed by atoms with van der Waals surface area (Å²) in [5.74, 6) is 0.261. The van der Waals surface area contributed by atoms with E-state index in [9.17, 15) is 9.18 Å². The Bertz CT molecular complexity index is 1020. The SMILES string of the molecule is CC1=CC(=O)[C@H]2C(C)(C)CCC[C@]2(C)[C@H]1/C=C/c1ccoc1Sc1ccccc1F. The zero-order valence-corrected chi connectivity index (χ0v) is 18.9. The fourth-order valence-electron chi connectivity index (χ4n) is 5.78. The number of benzene rings is 1. The highest BCUT2D eigenvalue weighted by molar-refractivity contribution is 7.99. The maximum Gasteiger partial charge on any atom is 0.172 e. The van der Waals surface area contributed by atoms with Gasteiger partial charge in [0.05, 0.1) is 11.2 Å². The number of rotatable bonds is 4. The number of hydrogen-bond donors (Lipinski definition) is 0. The molecule has 1 saturated carbocycles. The second-order valence-electron chi connectivity index (χ2n) is 9.60. The van der Waals surface area contributed by atoms with E-state index in [2.05, 4.69) is 39.8 Å². The molecule has 1 fully saturated rings. The van der Waals surface area contributed by atoms with E-state index in [1.54, 1.807) is 18.4 Å². The molecule has 0 aliphatic heterocycles. The Morgan fingerprint density at radius 3 is 2.70 bits per heavy atom. The molecule has 2 aliphatic carbocycles. The van der Waals surface area contributed by atoms with Crippen molar-refractivity contribution < 1.29 is 13.6 Å². The first-order valence-electron chi connectivity index (χ1n) is 10.6. The second kappa shape index (κ2) is 7.88. The summed E-state index contributed by atoms with van der Waals surface area (Å²) in [4.78, 5) is 13.5. The van der Waals surface area contributed by atoms with Gasteiger partial charge in [-0.2, -0.15) is 0 Å². The van der Waals surface area contributed by atoms with E-state index < -0.39 is 0 Å². The lowest BCUT2D eigenvalue weighted by molar-refractivity contribution is -0.134. The highest BCUT2D eigenvalue weighted by Crippen LogP contribution is 2.59. The van der Waals surface area contributed by atoms with Crippen molar-refractivity contribution in [2.75, 3.05) is 0 Å². The van der Waals surface area contributed by atoms with Crippen LogP contribution >= 0.6 is 11.8 Å². The molecule has 1 aromatic carbocycles. The van der Waals surface area contributed by atoms with Crippen LogP contribution in [0.3, 0.4) is 0 Å². The summed E-state index contributed by atoms with van der Waals surface area (Å²) in [5, 5.41) is 0.676. The van der Waals surface area contributed by atoms with Gasteiger partial charge < -0.3 is 4.42 Å². The van der Waals surface area contributed by atoms with Gasteiger partial charge in [0, 0.05) is 17.4 Å². The fourth-order valence-corrected chi connectivity index (χ4v) is 6.65. The van der Waals surface area contributed by atoms with Gasteiger partial charge in [0.2, 0.25) is 0 Å². The molecule has 1 aromatic heterocycles. The number of ketones is 1. The van der Waals surface area contributed by atoms with Crippen LogP contribution in [0.4, 0.5) is 4.39 Å². The Labute approximate surface area is 182 Å². The van der Waals surface area contributed by atoms with Gasteiger partial charge in [0.1, 0.15) is 5.82 Å². The summed E-state index contributed by atoms with van der Waals surface area (Å²) in [5.41, 5.74) is 1.98. The van der Waals surface area contributed by atoms with Gasteiger partial charge in [-0.25, -0.2) is 4.39 Å². The molecular formula is C26H29FO2S. The maximum atomic E-state index is 14.1. The number of carbonyl (C=O) groups excluding carboxylic acids is 1. The number of furan rings is 1. The first-order chi connectivity index (χ1) is 14.2. The van der Waals surface area contributed by atoms with Crippen LogP contribution in [-0.2, 0) is 4.79 Å². The molecule has 0 bridgehead atoms. The molecule has 2 aromatic rings. The average molecular weight is 425 g/mol. The quantitative estimate of drug-likeness (QED) is 0.507. The second-order valence-corrected chi connectivity index (χ2v) is 10.6. The molecular weight excluding hydrogens is 395 g/mol. The molecule has 0 N–H and O–H groups in total. The van der Waals surface area contributed by atoms with E-state index >= 15 is 0 Å². The summed E-state index contributed by atoms with van der Waals surface area (Å²) in [7, 11) is 0. The van der Waals surface area contributed by atoms with Crippen LogP contribution in [0.25, 0.3) is 6.08 Å². The molecule has 4 rings (SSSR count). The largest absolute Gasteiger partial charge is 0.457 e. The third kappa shape index (κ3) is 3.71. The summed E-state index contributed by atoms with van der Waals surface area (Å²) in [6.07, 6.45) is 11.1. The predicted molar refractivity (Wildman–Crippen MR) is 120 cm³/mol. The lowest BCUT2D eigenvalue weighted by Gasteiger charge is -2.55. The molecule has 1 heterocycles. The lowest BCUT2D eigenvalue weighted by Crippen LogP contribution is -2.52. The molecule has 2 aliphatic rings. The molecule has 0 spiro atoms. The van der Waals surface area contributed by atoms with Crippen LogP contribution in [-0.4, -0.2) is 5.78 Å². The predicted octanol–water partition coefficient (Wildman–Crippen LogP) is 7.56. The number of halogens is 1. The van der Waals surface area contributed by atoms with Crippen LogP contribution in [0, 0.1) is 28.5 Å². The van der Waals surface area contributed by atoms with Crippen molar-refractivity contribution in [3.63, 3.8) is 0 Å². The molecule has 3 atom stereocenters. The molecule has 0 radical (unpaired) electrons. The summed E-state index contributed by atoms with van der Waals surface area (Å²) in [6, 6.07) is 8.63. The zero-order valence-electron chi connectivity index (χ0n) is 18.1. The van der Waals surface area contributed by atoms with Crippen molar-refractivity contribution in [1.29, 1.82) is 0 Å². The Hall–Kier alpha value is -2.07. The highest BCUT2D eigenvalue weighted by Gasteiger charge is 2.54. The molecule has 0 saturated heterocycles. The van der Waals surface area contributed by atoms with Gasteiger partial charge in [-0.15, -0.1) is 0 Å². The van der Waals surface area contributed by atoms with Crippen molar-refractivity contribution in [3.8, 4) is 0 Å². The summed E-state index contributed by atoms with van der Waals surface area (Å²) >= 11 is 1.30. The van der Waals surface area contributed by atoms with Crippen molar-refractivity contribution in [3.05, 3.63) is 65.7 Å². The standard InChI is InChI=1S/C26H29FO2S/c1-17-16-21(28)23-25(2,3)13-7-14-26(23,4)19(17)11-10-18-12-15-29-24(18)30-22-9-6-5-8-20(22)27/h5-6,8-12,15-16,19,23H,7,13-14H2,1-4H3/b11-10+/t19-,23-,26+/m0/s1. The van der Waals surface area contributed by atoms with Crippen molar-refractivity contribution in [2.24, 2.45) is 22.7 Å². The van der Waals surface area contributed by atoms with Crippen molar-refractivity contribution in [1.82, 2.24) is 0 Å².